The Kier molecular flexibility index (Phi) is 4.58. The van der Waals surface area contributed by atoms with Crippen LogP contribution in [0.1, 0.15) is 0 Å². The zero-order valence-corrected chi connectivity index (χ0v) is 10.4. The van der Waals surface area contributed by atoms with Gasteiger partial charge < -0.3 is 20.3 Å². The van der Waals surface area contributed by atoms with Crippen LogP contribution in [0.2, 0.25) is 0 Å². The minimum atomic E-state index is 0.0356. The summed E-state index contributed by atoms with van der Waals surface area (Å²) in [5.74, 6) is 0. The van der Waals surface area contributed by atoms with Crippen LogP contribution in [0.25, 0.3) is 0 Å². The number of piperazine rings is 1. The molecule has 0 aromatic heterocycles. The van der Waals surface area contributed by atoms with Gasteiger partial charge in [-0.15, -0.1) is 0 Å². The van der Waals surface area contributed by atoms with E-state index in [9.17, 15) is 4.79 Å². The number of urea groups is 1. The molecule has 0 atom stereocenters. The quantitative estimate of drug-likeness (QED) is 0.617. The highest BCUT2D eigenvalue weighted by molar-refractivity contribution is 5.75. The summed E-state index contributed by atoms with van der Waals surface area (Å²) in [6.45, 7) is 7.21. The molecule has 0 unspecified atom stereocenters. The number of ether oxygens (including phenoxy) is 1. The molecule has 2 heterocycles. The Hall–Kier alpha value is -0.850. The zero-order valence-electron chi connectivity index (χ0n) is 10.4. The fraction of sp³-hybridized carbons (Fsp3) is 0.909. The molecular weight excluding hydrogens is 220 g/mol. The van der Waals surface area contributed by atoms with Gasteiger partial charge in [0, 0.05) is 59.0 Å². The minimum Gasteiger partial charge on any atom is -0.383 e. The largest absolute Gasteiger partial charge is 0.383 e. The van der Waals surface area contributed by atoms with Crippen molar-refractivity contribution in [3.8, 4) is 0 Å². The zero-order chi connectivity index (χ0) is 12.1. The molecule has 2 aliphatic heterocycles. The molecule has 2 amide bonds. The van der Waals surface area contributed by atoms with Crippen LogP contribution in [-0.4, -0.2) is 81.4 Å². The van der Waals surface area contributed by atoms with Crippen LogP contribution >= 0.6 is 0 Å². The maximum atomic E-state index is 11.7. The molecule has 6 nitrogen and oxygen atoms in total. The lowest BCUT2D eigenvalue weighted by Crippen LogP contribution is -2.65. The van der Waals surface area contributed by atoms with Gasteiger partial charge in [0.2, 0.25) is 0 Å². The summed E-state index contributed by atoms with van der Waals surface area (Å²) >= 11 is 0. The van der Waals surface area contributed by atoms with Gasteiger partial charge in [0.1, 0.15) is 0 Å². The maximum absolute atomic E-state index is 11.7. The van der Waals surface area contributed by atoms with Crippen molar-refractivity contribution in [2.45, 2.75) is 6.04 Å². The summed E-state index contributed by atoms with van der Waals surface area (Å²) < 4.78 is 4.89. The summed E-state index contributed by atoms with van der Waals surface area (Å²) in [6.07, 6.45) is 0. The Morgan fingerprint density at radius 3 is 2.76 bits per heavy atom. The topological polar surface area (TPSA) is 56.8 Å². The number of nitrogens with one attached hydrogen (secondary N) is 2. The van der Waals surface area contributed by atoms with Gasteiger partial charge in [-0.2, -0.15) is 0 Å². The Labute approximate surface area is 102 Å². The van der Waals surface area contributed by atoms with Gasteiger partial charge in [-0.25, -0.2) is 4.79 Å². The van der Waals surface area contributed by atoms with Crippen LogP contribution in [0.5, 0.6) is 0 Å². The average molecular weight is 242 g/mol. The van der Waals surface area contributed by atoms with Crippen LogP contribution in [-0.2, 0) is 4.74 Å². The monoisotopic (exact) mass is 242 g/mol. The molecule has 6 heteroatoms. The van der Waals surface area contributed by atoms with Crippen molar-refractivity contribution in [1.82, 2.24) is 20.4 Å². The lowest BCUT2D eigenvalue weighted by molar-refractivity contribution is 0.0487. The predicted molar refractivity (Wildman–Crippen MR) is 65.1 cm³/mol. The van der Waals surface area contributed by atoms with Gasteiger partial charge >= 0.3 is 6.03 Å². The number of likely N-dealkylation sites (tertiary alicyclic amines) is 1. The van der Waals surface area contributed by atoms with Crippen molar-refractivity contribution in [2.75, 3.05) is 59.5 Å². The summed E-state index contributed by atoms with van der Waals surface area (Å²) in [5.41, 5.74) is 0. The van der Waals surface area contributed by atoms with E-state index in [0.717, 1.165) is 39.3 Å². The van der Waals surface area contributed by atoms with Crippen LogP contribution < -0.4 is 10.6 Å². The minimum absolute atomic E-state index is 0.0356. The van der Waals surface area contributed by atoms with Crippen LogP contribution in [0.15, 0.2) is 0 Å². The van der Waals surface area contributed by atoms with Gasteiger partial charge in [0.05, 0.1) is 6.61 Å². The highest BCUT2D eigenvalue weighted by atomic mass is 16.5. The third-order valence-electron chi connectivity index (χ3n) is 3.40. The summed E-state index contributed by atoms with van der Waals surface area (Å²) in [4.78, 5) is 16.0. The second-order valence-corrected chi connectivity index (χ2v) is 4.57. The van der Waals surface area contributed by atoms with Crippen LogP contribution in [0.3, 0.4) is 0 Å². The Balaban J connectivity index is 1.62. The molecule has 2 rings (SSSR count). The molecular formula is C11H22N4O2. The molecule has 0 radical (unpaired) electrons. The fourth-order valence-corrected chi connectivity index (χ4v) is 2.27. The molecule has 2 N–H and O–H groups in total. The third-order valence-corrected chi connectivity index (χ3v) is 3.40. The molecule has 98 valence electrons. The summed E-state index contributed by atoms with van der Waals surface area (Å²) in [6, 6.07) is 0.596. The van der Waals surface area contributed by atoms with Crippen molar-refractivity contribution < 1.29 is 9.53 Å². The van der Waals surface area contributed by atoms with Gasteiger partial charge in [-0.3, -0.25) is 4.90 Å². The molecule has 0 aromatic carbocycles. The molecule has 0 aliphatic carbocycles. The first-order valence-electron chi connectivity index (χ1n) is 6.27. The molecule has 0 spiro atoms. The van der Waals surface area contributed by atoms with Gasteiger partial charge in [0.15, 0.2) is 0 Å². The van der Waals surface area contributed by atoms with Crippen molar-refractivity contribution in [3.05, 3.63) is 0 Å². The predicted octanol–water partition coefficient (Wildman–Crippen LogP) is -1.07. The lowest BCUT2D eigenvalue weighted by Gasteiger charge is -2.46. The second kappa shape index (κ2) is 6.18. The highest BCUT2D eigenvalue weighted by Gasteiger charge is 2.34. The van der Waals surface area contributed by atoms with Gasteiger partial charge in [-0.05, 0) is 0 Å². The molecule has 2 fully saturated rings. The van der Waals surface area contributed by atoms with Crippen molar-refractivity contribution in [3.63, 3.8) is 0 Å². The van der Waals surface area contributed by atoms with E-state index in [1.54, 1.807) is 7.11 Å². The number of carbonyl (C=O) groups excluding carboxylic acids is 1. The van der Waals surface area contributed by atoms with Crippen LogP contribution in [0, 0.1) is 0 Å². The van der Waals surface area contributed by atoms with E-state index >= 15 is 0 Å². The van der Waals surface area contributed by atoms with Crippen molar-refractivity contribution >= 4 is 6.03 Å². The molecule has 0 bridgehead atoms. The number of hydrogen-bond acceptors (Lipinski definition) is 4. The number of hydrogen-bond donors (Lipinski definition) is 2. The van der Waals surface area contributed by atoms with E-state index in [1.807, 2.05) is 4.90 Å². The van der Waals surface area contributed by atoms with Crippen molar-refractivity contribution in [2.24, 2.45) is 0 Å². The fourth-order valence-electron chi connectivity index (χ4n) is 2.27. The Bertz CT molecular complexity index is 250. The third kappa shape index (κ3) is 3.31. The van der Waals surface area contributed by atoms with E-state index < -0.39 is 0 Å². The standard InChI is InChI=1S/C11H22N4O2/c1-17-7-4-13-11(16)15-8-10(9-15)14-5-2-12-3-6-14/h10,12H,2-9H2,1H3,(H,13,16). The number of methoxy groups -OCH3 is 1. The summed E-state index contributed by atoms with van der Waals surface area (Å²) in [7, 11) is 1.64. The number of amides is 2. The highest BCUT2D eigenvalue weighted by Crippen LogP contribution is 2.15. The van der Waals surface area contributed by atoms with Crippen LogP contribution in [0.4, 0.5) is 4.79 Å². The SMILES string of the molecule is COCCNC(=O)N1CC(N2CCNCC2)C1. The molecule has 0 saturated carbocycles. The molecule has 2 aliphatic rings. The lowest BCUT2D eigenvalue weighted by atomic mass is 10.1. The number of nitrogens with zero attached hydrogens (tertiary/aromatic N) is 2. The van der Waals surface area contributed by atoms with E-state index in [0.29, 0.717) is 19.2 Å². The summed E-state index contributed by atoms with van der Waals surface area (Å²) in [5, 5.41) is 6.18. The van der Waals surface area contributed by atoms with Crippen molar-refractivity contribution in [1.29, 1.82) is 0 Å². The van der Waals surface area contributed by atoms with E-state index in [1.165, 1.54) is 0 Å². The Morgan fingerprint density at radius 2 is 2.12 bits per heavy atom. The smallest absolute Gasteiger partial charge is 0.317 e. The molecule has 17 heavy (non-hydrogen) atoms. The van der Waals surface area contributed by atoms with E-state index in [4.69, 9.17) is 4.74 Å². The first kappa shape index (κ1) is 12.6. The average Bonchev–Trinajstić information content (AvgIpc) is 2.29. The van der Waals surface area contributed by atoms with E-state index in [2.05, 4.69) is 15.5 Å². The maximum Gasteiger partial charge on any atom is 0.317 e. The normalized spacial score (nSPS) is 22.3. The second-order valence-electron chi connectivity index (χ2n) is 4.57. The number of carbonyl (C=O) groups is 1. The first-order valence-corrected chi connectivity index (χ1v) is 6.27. The van der Waals surface area contributed by atoms with Gasteiger partial charge in [0.25, 0.3) is 0 Å². The first-order chi connectivity index (χ1) is 8.31. The number of rotatable bonds is 4. The molecule has 2 saturated heterocycles. The van der Waals surface area contributed by atoms with Gasteiger partial charge in [-0.1, -0.05) is 0 Å². The molecule has 0 aromatic rings. The van der Waals surface area contributed by atoms with E-state index in [-0.39, 0.29) is 6.03 Å². The Morgan fingerprint density at radius 1 is 1.41 bits per heavy atom.